The Morgan fingerprint density at radius 1 is 0.970 bits per heavy atom. The van der Waals surface area contributed by atoms with Crippen molar-refractivity contribution >= 4 is 11.8 Å². The number of carbonyl (C=O) groups is 2. The molecule has 1 heterocycles. The van der Waals surface area contributed by atoms with E-state index in [9.17, 15) is 9.59 Å². The number of benzene rings is 2. The molecule has 3 rings (SSSR count). The summed E-state index contributed by atoms with van der Waals surface area (Å²) in [5.41, 5.74) is 1.86. The molecule has 2 aromatic carbocycles. The quantitative estimate of drug-likeness (QED) is 0.631. The molecule has 1 aliphatic rings. The van der Waals surface area contributed by atoms with Crippen molar-refractivity contribution in [3.8, 4) is 11.5 Å². The van der Waals surface area contributed by atoms with Crippen LogP contribution in [0.4, 0.5) is 0 Å². The maximum atomic E-state index is 13.4. The lowest BCUT2D eigenvalue weighted by Crippen LogP contribution is -2.51. The minimum Gasteiger partial charge on any atom is -0.497 e. The summed E-state index contributed by atoms with van der Waals surface area (Å²) >= 11 is 0. The number of ether oxygens (including phenoxy) is 2. The van der Waals surface area contributed by atoms with E-state index in [2.05, 4.69) is 10.2 Å². The smallest absolute Gasteiger partial charge is 0.249 e. The minimum absolute atomic E-state index is 0.0584. The molecule has 0 radical (unpaired) electrons. The van der Waals surface area contributed by atoms with Crippen molar-refractivity contribution in [2.45, 2.75) is 32.9 Å². The lowest BCUT2D eigenvalue weighted by Gasteiger charge is -2.37. The van der Waals surface area contributed by atoms with E-state index in [1.807, 2.05) is 67.3 Å². The number of nitrogens with zero attached hydrogens (tertiary/aromatic N) is 2. The fourth-order valence-corrected chi connectivity index (χ4v) is 4.08. The first-order valence-corrected chi connectivity index (χ1v) is 11.5. The maximum Gasteiger partial charge on any atom is 0.249 e. The van der Waals surface area contributed by atoms with Gasteiger partial charge in [-0.25, -0.2) is 0 Å². The number of hydrogen-bond acceptors (Lipinski definition) is 5. The van der Waals surface area contributed by atoms with Crippen LogP contribution in [0.15, 0.2) is 48.5 Å². The zero-order valence-corrected chi connectivity index (χ0v) is 20.0. The van der Waals surface area contributed by atoms with Crippen molar-refractivity contribution in [1.29, 1.82) is 0 Å². The van der Waals surface area contributed by atoms with E-state index in [1.54, 1.807) is 14.2 Å². The molecule has 1 aliphatic heterocycles. The Kier molecular flexibility index (Phi) is 8.72. The Balaban J connectivity index is 1.65. The van der Waals surface area contributed by atoms with E-state index >= 15 is 0 Å². The van der Waals surface area contributed by atoms with Crippen LogP contribution in [0.25, 0.3) is 0 Å². The number of carbonyl (C=O) groups excluding carboxylic acids is 2. The average molecular weight is 454 g/mol. The summed E-state index contributed by atoms with van der Waals surface area (Å²) in [6.45, 7) is 7.41. The second-order valence-electron chi connectivity index (χ2n) is 8.79. The van der Waals surface area contributed by atoms with Crippen molar-refractivity contribution < 1.29 is 19.1 Å². The lowest BCUT2D eigenvalue weighted by molar-refractivity contribution is -0.138. The Bertz CT molecular complexity index is 924. The van der Waals surface area contributed by atoms with Crippen molar-refractivity contribution in [2.75, 3.05) is 40.4 Å². The van der Waals surface area contributed by atoms with Gasteiger partial charge in [0.15, 0.2) is 0 Å². The zero-order valence-electron chi connectivity index (χ0n) is 20.0. The highest BCUT2D eigenvalue weighted by molar-refractivity contribution is 5.88. The van der Waals surface area contributed by atoms with Gasteiger partial charge in [0.25, 0.3) is 0 Å². The van der Waals surface area contributed by atoms with Gasteiger partial charge in [-0.15, -0.1) is 0 Å². The molecule has 178 valence electrons. The van der Waals surface area contributed by atoms with Crippen molar-refractivity contribution in [3.63, 3.8) is 0 Å². The van der Waals surface area contributed by atoms with Crippen LogP contribution in [0.1, 0.15) is 37.4 Å². The summed E-state index contributed by atoms with van der Waals surface area (Å²) in [4.78, 5) is 30.1. The van der Waals surface area contributed by atoms with Gasteiger partial charge in [0.05, 0.1) is 14.2 Å². The predicted octanol–water partition coefficient (Wildman–Crippen LogP) is 3.25. The Morgan fingerprint density at radius 3 is 2.27 bits per heavy atom. The molecule has 7 heteroatoms. The van der Waals surface area contributed by atoms with Crippen LogP contribution in [-0.2, 0) is 16.1 Å². The van der Waals surface area contributed by atoms with E-state index in [0.717, 1.165) is 42.3 Å². The van der Waals surface area contributed by atoms with Gasteiger partial charge in [-0.3, -0.25) is 14.5 Å². The van der Waals surface area contributed by atoms with Gasteiger partial charge in [0, 0.05) is 44.7 Å². The third kappa shape index (κ3) is 6.71. The Morgan fingerprint density at radius 2 is 1.67 bits per heavy atom. The van der Waals surface area contributed by atoms with Gasteiger partial charge in [-0.05, 0) is 29.7 Å². The molecule has 1 fully saturated rings. The molecule has 1 atom stereocenters. The molecule has 1 unspecified atom stereocenters. The fourth-order valence-electron chi connectivity index (χ4n) is 4.08. The molecule has 1 saturated heterocycles. The monoisotopic (exact) mass is 453 g/mol. The van der Waals surface area contributed by atoms with Crippen LogP contribution in [-0.4, -0.2) is 62.0 Å². The number of rotatable bonds is 9. The topological polar surface area (TPSA) is 71.1 Å². The molecule has 1 N–H and O–H groups in total. The van der Waals surface area contributed by atoms with Crippen molar-refractivity contribution in [2.24, 2.45) is 5.92 Å². The van der Waals surface area contributed by atoms with Crippen LogP contribution in [0.5, 0.6) is 11.5 Å². The molecular weight excluding hydrogens is 418 g/mol. The zero-order chi connectivity index (χ0) is 23.8. The Labute approximate surface area is 196 Å². The average Bonchev–Trinajstić information content (AvgIpc) is 2.82. The standard InChI is InChI=1S/C26H35N3O4/c1-19(2)16-24(30)27-25(20-8-6-5-7-9-20)26(31)29-14-12-28(13-15-29)18-21-17-22(32-3)10-11-23(21)33-4/h5-11,17,19,25H,12-16,18H2,1-4H3,(H,27,30). The third-order valence-electron chi connectivity index (χ3n) is 5.84. The summed E-state index contributed by atoms with van der Waals surface area (Å²) in [7, 11) is 3.32. The van der Waals surface area contributed by atoms with Gasteiger partial charge in [-0.1, -0.05) is 44.2 Å². The normalized spacial score (nSPS) is 15.2. The molecule has 0 saturated carbocycles. The van der Waals surface area contributed by atoms with Crippen LogP contribution in [0, 0.1) is 5.92 Å². The lowest BCUT2D eigenvalue weighted by atomic mass is 10.0. The van der Waals surface area contributed by atoms with Gasteiger partial charge in [-0.2, -0.15) is 0 Å². The van der Waals surface area contributed by atoms with Gasteiger partial charge in [0.2, 0.25) is 11.8 Å². The maximum absolute atomic E-state index is 13.4. The summed E-state index contributed by atoms with van der Waals surface area (Å²) in [5.74, 6) is 1.69. The highest BCUT2D eigenvalue weighted by Crippen LogP contribution is 2.26. The molecule has 0 bridgehead atoms. The van der Waals surface area contributed by atoms with Crippen molar-refractivity contribution in [3.05, 3.63) is 59.7 Å². The molecular formula is C26H35N3O4. The number of piperazine rings is 1. The van der Waals surface area contributed by atoms with Crippen LogP contribution in [0.2, 0.25) is 0 Å². The van der Waals surface area contributed by atoms with E-state index in [4.69, 9.17) is 9.47 Å². The second-order valence-corrected chi connectivity index (χ2v) is 8.79. The molecule has 33 heavy (non-hydrogen) atoms. The molecule has 0 spiro atoms. The van der Waals surface area contributed by atoms with Gasteiger partial charge < -0.3 is 19.7 Å². The van der Waals surface area contributed by atoms with Gasteiger partial charge in [0.1, 0.15) is 17.5 Å². The SMILES string of the molecule is COc1ccc(OC)c(CN2CCN(C(=O)C(NC(=O)CC(C)C)c3ccccc3)CC2)c1. The first kappa shape index (κ1) is 24.6. The summed E-state index contributed by atoms with van der Waals surface area (Å²) in [5, 5.41) is 2.97. The number of amides is 2. The summed E-state index contributed by atoms with van der Waals surface area (Å²) in [6.07, 6.45) is 0.396. The van der Waals surface area contributed by atoms with Crippen LogP contribution < -0.4 is 14.8 Å². The molecule has 2 amide bonds. The first-order valence-electron chi connectivity index (χ1n) is 11.5. The molecule has 0 aromatic heterocycles. The third-order valence-corrected chi connectivity index (χ3v) is 5.84. The largest absolute Gasteiger partial charge is 0.497 e. The first-order chi connectivity index (χ1) is 15.9. The minimum atomic E-state index is -0.664. The highest BCUT2D eigenvalue weighted by Gasteiger charge is 2.30. The summed E-state index contributed by atoms with van der Waals surface area (Å²) < 4.78 is 10.9. The summed E-state index contributed by atoms with van der Waals surface area (Å²) in [6, 6.07) is 14.6. The number of methoxy groups -OCH3 is 2. The van der Waals surface area contributed by atoms with Crippen molar-refractivity contribution in [1.82, 2.24) is 15.1 Å². The number of nitrogens with one attached hydrogen (secondary N) is 1. The second kappa shape index (κ2) is 11.7. The molecule has 2 aromatic rings. The van der Waals surface area contributed by atoms with E-state index in [1.165, 1.54) is 0 Å². The van der Waals surface area contributed by atoms with E-state index in [0.29, 0.717) is 19.5 Å². The predicted molar refractivity (Wildman–Crippen MR) is 128 cm³/mol. The van der Waals surface area contributed by atoms with E-state index in [-0.39, 0.29) is 17.7 Å². The molecule has 0 aliphatic carbocycles. The van der Waals surface area contributed by atoms with E-state index < -0.39 is 6.04 Å². The fraction of sp³-hybridized carbons (Fsp3) is 0.462. The highest BCUT2D eigenvalue weighted by atomic mass is 16.5. The van der Waals surface area contributed by atoms with Gasteiger partial charge >= 0.3 is 0 Å². The van der Waals surface area contributed by atoms with Crippen LogP contribution in [0.3, 0.4) is 0 Å². The molecule has 7 nitrogen and oxygen atoms in total. The number of hydrogen-bond donors (Lipinski definition) is 1. The van der Waals surface area contributed by atoms with Crippen LogP contribution >= 0.6 is 0 Å². The Hall–Kier alpha value is -3.06.